The molecule has 20 heavy (non-hydrogen) atoms. The monoisotopic (exact) mass is 309 g/mol. The zero-order valence-corrected chi connectivity index (χ0v) is 11.8. The van der Waals surface area contributed by atoms with E-state index >= 15 is 0 Å². The van der Waals surface area contributed by atoms with Gasteiger partial charge in [-0.15, -0.1) is 0 Å². The van der Waals surface area contributed by atoms with E-state index in [1.165, 1.54) is 6.33 Å². The number of H-pyrrole nitrogens is 1. The fraction of sp³-hybridized carbons (Fsp3) is 0.0833. The van der Waals surface area contributed by atoms with E-state index in [-0.39, 0.29) is 5.28 Å². The predicted molar refractivity (Wildman–Crippen MR) is 78.0 cm³/mol. The number of hydrogen-bond acceptors (Lipinski definition) is 5. The number of hydrogen-bond donors (Lipinski definition) is 2. The van der Waals surface area contributed by atoms with Gasteiger partial charge in [0, 0.05) is 5.69 Å². The molecule has 0 atom stereocenters. The summed E-state index contributed by atoms with van der Waals surface area (Å²) in [5, 5.41) is 3.74. The summed E-state index contributed by atoms with van der Waals surface area (Å²) in [4.78, 5) is 15.2. The molecule has 0 aliphatic rings. The smallest absolute Gasteiger partial charge is 0.226 e. The first-order valence-corrected chi connectivity index (χ1v) is 6.40. The number of imidazole rings is 1. The highest BCUT2D eigenvalue weighted by atomic mass is 35.5. The summed E-state index contributed by atoms with van der Waals surface area (Å²) in [6, 6.07) is 5.32. The lowest BCUT2D eigenvalue weighted by Crippen LogP contribution is -1.97. The molecular formula is C12H9Cl2N5O. The largest absolute Gasteiger partial charge is 0.495 e. The van der Waals surface area contributed by atoms with E-state index in [4.69, 9.17) is 27.9 Å². The first-order chi connectivity index (χ1) is 9.67. The van der Waals surface area contributed by atoms with Crippen LogP contribution in [0.3, 0.4) is 0 Å². The summed E-state index contributed by atoms with van der Waals surface area (Å²) in [6.07, 6.45) is 1.53. The summed E-state index contributed by atoms with van der Waals surface area (Å²) in [5.41, 5.74) is 1.91. The molecule has 6 nitrogen and oxygen atoms in total. The maximum absolute atomic E-state index is 6.08. The minimum Gasteiger partial charge on any atom is -0.495 e. The topological polar surface area (TPSA) is 75.7 Å². The van der Waals surface area contributed by atoms with Crippen molar-refractivity contribution in [3.8, 4) is 5.75 Å². The van der Waals surface area contributed by atoms with Gasteiger partial charge in [0.1, 0.15) is 11.3 Å². The number of nitrogens with zero attached hydrogens (tertiary/aromatic N) is 3. The van der Waals surface area contributed by atoms with Crippen LogP contribution in [0.1, 0.15) is 0 Å². The fourth-order valence-electron chi connectivity index (χ4n) is 1.78. The van der Waals surface area contributed by atoms with E-state index in [0.29, 0.717) is 27.8 Å². The normalized spacial score (nSPS) is 10.8. The quantitative estimate of drug-likeness (QED) is 0.725. The van der Waals surface area contributed by atoms with E-state index in [1.54, 1.807) is 19.2 Å². The molecule has 1 aromatic carbocycles. The van der Waals surface area contributed by atoms with Crippen molar-refractivity contribution in [2.75, 3.05) is 12.4 Å². The maximum Gasteiger partial charge on any atom is 0.226 e. The summed E-state index contributed by atoms with van der Waals surface area (Å²) in [7, 11) is 1.56. The Balaban J connectivity index is 2.00. The number of anilines is 2. The predicted octanol–water partition coefficient (Wildman–Crippen LogP) is 3.41. The summed E-state index contributed by atoms with van der Waals surface area (Å²) >= 11 is 11.9. The van der Waals surface area contributed by atoms with Crippen molar-refractivity contribution in [3.05, 3.63) is 34.8 Å². The van der Waals surface area contributed by atoms with Crippen molar-refractivity contribution in [1.82, 2.24) is 19.9 Å². The third-order valence-electron chi connectivity index (χ3n) is 2.67. The SMILES string of the molecule is COc1ccc(Nc2nc(Cl)nc3nc[nH]c23)cc1Cl. The number of aromatic amines is 1. The number of fused-ring (bicyclic) bond motifs is 1. The van der Waals surface area contributed by atoms with Crippen molar-refractivity contribution in [2.45, 2.75) is 0 Å². The third-order valence-corrected chi connectivity index (χ3v) is 3.14. The lowest BCUT2D eigenvalue weighted by molar-refractivity contribution is 0.415. The average molecular weight is 310 g/mol. The lowest BCUT2D eigenvalue weighted by atomic mass is 10.3. The van der Waals surface area contributed by atoms with Crippen LogP contribution in [-0.4, -0.2) is 27.0 Å². The van der Waals surface area contributed by atoms with Crippen molar-refractivity contribution in [2.24, 2.45) is 0 Å². The van der Waals surface area contributed by atoms with Gasteiger partial charge in [0.2, 0.25) is 5.28 Å². The molecule has 8 heteroatoms. The lowest BCUT2D eigenvalue weighted by Gasteiger charge is -2.09. The number of ether oxygens (including phenoxy) is 1. The molecule has 3 aromatic rings. The zero-order valence-electron chi connectivity index (χ0n) is 10.3. The van der Waals surface area contributed by atoms with Crippen LogP contribution in [0.2, 0.25) is 10.3 Å². The Morgan fingerprint density at radius 3 is 2.85 bits per heavy atom. The van der Waals surface area contributed by atoms with Crippen molar-refractivity contribution < 1.29 is 4.74 Å². The number of rotatable bonds is 3. The van der Waals surface area contributed by atoms with Crippen LogP contribution < -0.4 is 10.1 Å². The third kappa shape index (κ3) is 2.35. The zero-order chi connectivity index (χ0) is 14.1. The first-order valence-electron chi connectivity index (χ1n) is 5.64. The van der Waals surface area contributed by atoms with E-state index in [1.807, 2.05) is 6.07 Å². The Hall–Kier alpha value is -2.05. The van der Waals surface area contributed by atoms with Gasteiger partial charge in [0.25, 0.3) is 0 Å². The molecule has 2 heterocycles. The van der Waals surface area contributed by atoms with Crippen LogP contribution >= 0.6 is 23.2 Å². The second kappa shape index (κ2) is 5.15. The summed E-state index contributed by atoms with van der Waals surface area (Å²) in [6.45, 7) is 0. The van der Waals surface area contributed by atoms with Gasteiger partial charge in [-0.05, 0) is 29.8 Å². The molecule has 0 aliphatic carbocycles. The van der Waals surface area contributed by atoms with Gasteiger partial charge < -0.3 is 15.0 Å². The molecule has 2 aromatic heterocycles. The van der Waals surface area contributed by atoms with Crippen LogP contribution in [0.5, 0.6) is 5.75 Å². The van der Waals surface area contributed by atoms with E-state index < -0.39 is 0 Å². The van der Waals surface area contributed by atoms with Gasteiger partial charge in [0.15, 0.2) is 11.5 Å². The Kier molecular flexibility index (Phi) is 3.33. The second-order valence-corrected chi connectivity index (χ2v) is 4.66. The van der Waals surface area contributed by atoms with Crippen molar-refractivity contribution in [3.63, 3.8) is 0 Å². The van der Waals surface area contributed by atoms with Gasteiger partial charge in [-0.25, -0.2) is 4.98 Å². The molecule has 0 fully saturated rings. The second-order valence-electron chi connectivity index (χ2n) is 3.92. The maximum atomic E-state index is 6.08. The molecule has 0 unspecified atom stereocenters. The van der Waals surface area contributed by atoms with Crippen molar-refractivity contribution in [1.29, 1.82) is 0 Å². The highest BCUT2D eigenvalue weighted by Gasteiger charge is 2.10. The van der Waals surface area contributed by atoms with Gasteiger partial charge in [-0.2, -0.15) is 9.97 Å². The number of methoxy groups -OCH3 is 1. The molecule has 0 saturated carbocycles. The van der Waals surface area contributed by atoms with Crippen LogP contribution in [-0.2, 0) is 0 Å². The highest BCUT2D eigenvalue weighted by Crippen LogP contribution is 2.29. The van der Waals surface area contributed by atoms with Crippen LogP contribution in [0, 0.1) is 0 Å². The molecule has 0 spiro atoms. The first kappa shape index (κ1) is 13.0. The molecule has 0 amide bonds. The standard InChI is InChI=1S/C12H9Cl2N5O/c1-20-8-3-2-6(4-7(8)13)17-11-9-10(16-5-15-9)18-12(14)19-11/h2-5H,1H3,(H2,15,16,17,18,19). The molecule has 3 rings (SSSR count). The van der Waals surface area contributed by atoms with Gasteiger partial charge in [-0.1, -0.05) is 11.6 Å². The Morgan fingerprint density at radius 2 is 2.10 bits per heavy atom. The molecule has 2 N–H and O–H groups in total. The Bertz CT molecular complexity index is 774. The molecule has 0 bridgehead atoms. The number of aromatic nitrogens is 4. The van der Waals surface area contributed by atoms with E-state index in [0.717, 1.165) is 5.69 Å². The van der Waals surface area contributed by atoms with E-state index in [9.17, 15) is 0 Å². The van der Waals surface area contributed by atoms with Gasteiger partial charge in [0.05, 0.1) is 18.5 Å². The van der Waals surface area contributed by atoms with E-state index in [2.05, 4.69) is 25.3 Å². The minimum atomic E-state index is 0.117. The fourth-order valence-corrected chi connectivity index (χ4v) is 2.20. The minimum absolute atomic E-state index is 0.117. The number of halogens is 2. The molecule has 0 aliphatic heterocycles. The molecule has 0 saturated heterocycles. The van der Waals surface area contributed by atoms with Crippen LogP contribution in [0.25, 0.3) is 11.2 Å². The summed E-state index contributed by atoms with van der Waals surface area (Å²) < 4.78 is 5.10. The Labute approximate surface area is 124 Å². The average Bonchev–Trinajstić information content (AvgIpc) is 2.87. The highest BCUT2D eigenvalue weighted by molar-refractivity contribution is 6.32. The van der Waals surface area contributed by atoms with Crippen LogP contribution in [0.4, 0.5) is 11.5 Å². The summed E-state index contributed by atoms with van der Waals surface area (Å²) in [5.74, 6) is 1.13. The van der Waals surface area contributed by atoms with Gasteiger partial charge >= 0.3 is 0 Å². The van der Waals surface area contributed by atoms with Gasteiger partial charge in [-0.3, -0.25) is 0 Å². The number of nitrogens with one attached hydrogen (secondary N) is 2. The number of benzene rings is 1. The van der Waals surface area contributed by atoms with Crippen molar-refractivity contribution >= 4 is 45.9 Å². The Morgan fingerprint density at radius 1 is 1.25 bits per heavy atom. The molecule has 0 radical (unpaired) electrons. The molecular weight excluding hydrogens is 301 g/mol. The van der Waals surface area contributed by atoms with Crippen LogP contribution in [0.15, 0.2) is 24.5 Å². The molecule has 102 valence electrons.